The van der Waals surface area contributed by atoms with Crippen molar-refractivity contribution in [2.75, 3.05) is 11.9 Å². The largest absolute Gasteiger partial charge is 0.465 e. The molecule has 9 heteroatoms. The Morgan fingerprint density at radius 1 is 1.38 bits per heavy atom. The number of pyridine rings is 1. The van der Waals surface area contributed by atoms with Crippen molar-refractivity contribution in [2.24, 2.45) is 5.41 Å². The van der Waals surface area contributed by atoms with Crippen molar-refractivity contribution in [1.82, 2.24) is 9.88 Å². The van der Waals surface area contributed by atoms with Gasteiger partial charge in [0, 0.05) is 18.1 Å². The zero-order chi connectivity index (χ0) is 21.8. The summed E-state index contributed by atoms with van der Waals surface area (Å²) in [6, 6.07) is 2.76. The minimum atomic E-state index is -1.95. The SMILES string of the molecule is Cc1ccc(Br)nc1NC(=O)[C@@H]1C[C@@]2(CO[Si](C)(C)C(C)(C)C)C[C@H]2N1C(=O)O. The van der Waals surface area contributed by atoms with Crippen molar-refractivity contribution in [3.63, 3.8) is 0 Å². The molecule has 7 nitrogen and oxygen atoms in total. The van der Waals surface area contributed by atoms with Gasteiger partial charge >= 0.3 is 6.09 Å². The van der Waals surface area contributed by atoms with E-state index in [0.29, 0.717) is 23.4 Å². The molecule has 1 aliphatic heterocycles. The molecule has 0 aromatic carbocycles. The monoisotopic (exact) mass is 483 g/mol. The number of likely N-dealkylation sites (tertiary alicyclic amines) is 1. The van der Waals surface area contributed by atoms with E-state index in [1.165, 1.54) is 4.90 Å². The van der Waals surface area contributed by atoms with Crippen molar-refractivity contribution >= 4 is 42.1 Å². The molecule has 160 valence electrons. The summed E-state index contributed by atoms with van der Waals surface area (Å²) in [6.07, 6.45) is 0.185. The van der Waals surface area contributed by atoms with Gasteiger partial charge in [-0.05, 0) is 65.5 Å². The van der Waals surface area contributed by atoms with Gasteiger partial charge in [-0.15, -0.1) is 0 Å². The maximum atomic E-state index is 13.0. The number of aromatic nitrogens is 1. The number of nitrogens with one attached hydrogen (secondary N) is 1. The van der Waals surface area contributed by atoms with Gasteiger partial charge in [0.2, 0.25) is 5.91 Å². The number of amides is 2. The molecule has 3 rings (SSSR count). The van der Waals surface area contributed by atoms with Crippen molar-refractivity contribution < 1.29 is 19.1 Å². The van der Waals surface area contributed by atoms with E-state index in [2.05, 4.69) is 60.1 Å². The summed E-state index contributed by atoms with van der Waals surface area (Å²) in [5, 5.41) is 12.7. The summed E-state index contributed by atoms with van der Waals surface area (Å²) in [5.41, 5.74) is 0.568. The number of halogens is 1. The first kappa shape index (κ1) is 22.2. The molecule has 1 aromatic heterocycles. The lowest BCUT2D eigenvalue weighted by Crippen LogP contribution is -2.45. The Balaban J connectivity index is 1.74. The standard InChI is InChI=1S/C20H30BrN3O4Si/c1-12-7-8-15(21)22-16(12)23-17(25)13-9-20(10-14(20)24(13)18(26)27)11-28-29(5,6)19(2,3)4/h7-8,13-14H,9-11H2,1-6H3,(H,26,27)(H,22,23,25)/t13-,14+,20-/m0/s1. The number of carboxylic acid groups (broad SMARTS) is 1. The summed E-state index contributed by atoms with van der Waals surface area (Å²) < 4.78 is 7.01. The van der Waals surface area contributed by atoms with Crippen LogP contribution in [-0.4, -0.2) is 54.0 Å². The third-order valence-corrected chi connectivity index (χ3v) is 11.7. The van der Waals surface area contributed by atoms with Crippen LogP contribution in [0, 0.1) is 12.3 Å². The van der Waals surface area contributed by atoms with Crippen LogP contribution in [0.4, 0.5) is 10.6 Å². The van der Waals surface area contributed by atoms with Gasteiger partial charge in [0.25, 0.3) is 0 Å². The quantitative estimate of drug-likeness (QED) is 0.470. The van der Waals surface area contributed by atoms with E-state index < -0.39 is 20.5 Å². The van der Waals surface area contributed by atoms with Crippen molar-refractivity contribution in [3.05, 3.63) is 22.3 Å². The van der Waals surface area contributed by atoms with Crippen molar-refractivity contribution in [1.29, 1.82) is 0 Å². The van der Waals surface area contributed by atoms with Gasteiger partial charge in [-0.25, -0.2) is 9.78 Å². The maximum Gasteiger partial charge on any atom is 0.408 e. The minimum Gasteiger partial charge on any atom is -0.465 e. The number of piperidine rings is 1. The Morgan fingerprint density at radius 3 is 2.62 bits per heavy atom. The van der Waals surface area contributed by atoms with E-state index in [4.69, 9.17) is 4.43 Å². The Morgan fingerprint density at radius 2 is 2.03 bits per heavy atom. The van der Waals surface area contributed by atoms with Crippen LogP contribution >= 0.6 is 15.9 Å². The fourth-order valence-electron chi connectivity index (χ4n) is 3.71. The number of hydrogen-bond acceptors (Lipinski definition) is 4. The molecule has 2 aliphatic rings. The molecular formula is C20H30BrN3O4Si. The number of nitrogens with zero attached hydrogens (tertiary/aromatic N) is 2. The molecule has 2 amide bonds. The van der Waals surface area contributed by atoms with Crippen LogP contribution in [0.25, 0.3) is 0 Å². The lowest BCUT2D eigenvalue weighted by Gasteiger charge is -2.37. The van der Waals surface area contributed by atoms with E-state index in [9.17, 15) is 14.7 Å². The average Bonchev–Trinajstić information content (AvgIpc) is 3.19. The number of hydrogen-bond donors (Lipinski definition) is 2. The highest BCUT2D eigenvalue weighted by Gasteiger charge is 2.68. The lowest BCUT2D eigenvalue weighted by atomic mass is 10.0. The van der Waals surface area contributed by atoms with Gasteiger partial charge < -0.3 is 14.8 Å². The highest BCUT2D eigenvalue weighted by atomic mass is 79.9. The number of anilines is 1. The summed E-state index contributed by atoms with van der Waals surface area (Å²) in [5.74, 6) is 0.113. The molecule has 1 aromatic rings. The third-order valence-electron chi connectivity index (χ3n) is 6.77. The number of carbonyl (C=O) groups excluding carboxylic acids is 1. The van der Waals surface area contributed by atoms with E-state index in [1.54, 1.807) is 6.07 Å². The Bertz CT molecular complexity index is 842. The fourth-order valence-corrected chi connectivity index (χ4v) is 5.10. The second-order valence-electron chi connectivity index (χ2n) is 9.83. The predicted molar refractivity (Wildman–Crippen MR) is 118 cm³/mol. The summed E-state index contributed by atoms with van der Waals surface area (Å²) in [7, 11) is -1.95. The number of aryl methyl sites for hydroxylation is 1. The summed E-state index contributed by atoms with van der Waals surface area (Å²) in [4.78, 5) is 30.5. The van der Waals surface area contributed by atoms with Crippen LogP contribution in [0.2, 0.25) is 18.1 Å². The van der Waals surface area contributed by atoms with Gasteiger partial charge in [-0.1, -0.05) is 26.8 Å². The molecular weight excluding hydrogens is 454 g/mol. The highest BCUT2D eigenvalue weighted by Crippen LogP contribution is 2.60. The highest BCUT2D eigenvalue weighted by molar-refractivity contribution is 9.10. The molecule has 29 heavy (non-hydrogen) atoms. The normalized spacial score (nSPS) is 26.2. The molecule has 1 saturated heterocycles. The van der Waals surface area contributed by atoms with Crippen molar-refractivity contribution in [2.45, 2.75) is 70.8 Å². The van der Waals surface area contributed by atoms with E-state index in [-0.39, 0.29) is 22.4 Å². The van der Waals surface area contributed by atoms with Gasteiger partial charge in [-0.2, -0.15) is 0 Å². The molecule has 2 heterocycles. The molecule has 2 fully saturated rings. The fraction of sp³-hybridized carbons (Fsp3) is 0.650. The Kier molecular flexibility index (Phi) is 5.64. The van der Waals surface area contributed by atoms with E-state index in [1.807, 2.05) is 13.0 Å². The predicted octanol–water partition coefficient (Wildman–Crippen LogP) is 4.62. The van der Waals surface area contributed by atoms with E-state index >= 15 is 0 Å². The molecule has 0 unspecified atom stereocenters. The molecule has 1 aliphatic carbocycles. The zero-order valence-corrected chi connectivity index (χ0v) is 20.5. The number of rotatable bonds is 5. The maximum absolute atomic E-state index is 13.0. The lowest BCUT2D eigenvalue weighted by molar-refractivity contribution is -0.120. The van der Waals surface area contributed by atoms with Crippen LogP contribution in [-0.2, 0) is 9.22 Å². The third kappa shape index (κ3) is 4.22. The van der Waals surface area contributed by atoms with Crippen LogP contribution in [0.5, 0.6) is 0 Å². The summed E-state index contributed by atoms with van der Waals surface area (Å²) >= 11 is 3.31. The van der Waals surface area contributed by atoms with Gasteiger partial charge in [0.15, 0.2) is 8.32 Å². The first-order valence-electron chi connectivity index (χ1n) is 9.87. The molecule has 0 radical (unpaired) electrons. The van der Waals surface area contributed by atoms with Crippen LogP contribution in [0.1, 0.15) is 39.2 Å². The van der Waals surface area contributed by atoms with E-state index in [0.717, 1.165) is 12.0 Å². The van der Waals surface area contributed by atoms with Crippen molar-refractivity contribution in [3.8, 4) is 0 Å². The topological polar surface area (TPSA) is 91.8 Å². The second-order valence-corrected chi connectivity index (χ2v) is 15.5. The molecule has 3 atom stereocenters. The Labute approximate surface area is 181 Å². The van der Waals surface area contributed by atoms with Gasteiger partial charge in [0.1, 0.15) is 16.5 Å². The molecule has 0 bridgehead atoms. The summed E-state index contributed by atoms with van der Waals surface area (Å²) in [6.45, 7) is 13.3. The first-order valence-corrected chi connectivity index (χ1v) is 13.6. The van der Waals surface area contributed by atoms with Crippen LogP contribution < -0.4 is 5.32 Å². The Hall–Kier alpha value is -1.45. The second kappa shape index (κ2) is 7.35. The van der Waals surface area contributed by atoms with Crippen LogP contribution in [0.15, 0.2) is 16.7 Å². The molecule has 2 N–H and O–H groups in total. The van der Waals surface area contributed by atoms with Crippen LogP contribution in [0.3, 0.4) is 0 Å². The average molecular weight is 484 g/mol. The zero-order valence-electron chi connectivity index (χ0n) is 17.9. The molecule has 1 saturated carbocycles. The first-order chi connectivity index (χ1) is 13.3. The van der Waals surface area contributed by atoms with Gasteiger partial charge in [-0.3, -0.25) is 9.69 Å². The smallest absolute Gasteiger partial charge is 0.408 e. The number of carbonyl (C=O) groups is 2. The minimum absolute atomic E-state index is 0.0831. The number of fused-ring (bicyclic) bond motifs is 1. The van der Waals surface area contributed by atoms with Gasteiger partial charge in [0.05, 0.1) is 0 Å². The molecule has 0 spiro atoms.